The molecule has 24 heavy (non-hydrogen) atoms. The number of hydrogen-bond acceptors (Lipinski definition) is 4. The third kappa shape index (κ3) is 2.26. The molecule has 0 spiro atoms. The second-order valence-electron chi connectivity index (χ2n) is 6.61. The number of aromatic nitrogens is 2. The number of likely N-dealkylation sites (tertiary alicyclic amines) is 1. The highest BCUT2D eigenvalue weighted by Gasteiger charge is 2.32. The first-order valence-electron chi connectivity index (χ1n) is 8.21. The van der Waals surface area contributed by atoms with Crippen molar-refractivity contribution in [2.24, 2.45) is 5.92 Å². The van der Waals surface area contributed by atoms with Gasteiger partial charge in [0.2, 0.25) is 5.91 Å². The van der Waals surface area contributed by atoms with E-state index in [0.717, 1.165) is 34.2 Å². The number of piperidine rings is 1. The number of carbonyl (C=O) groups excluding carboxylic acids is 1. The van der Waals surface area contributed by atoms with Crippen molar-refractivity contribution in [3.8, 4) is 5.75 Å². The molecular formula is C17H19BN3O3. The summed E-state index contributed by atoms with van der Waals surface area (Å²) >= 11 is 0. The van der Waals surface area contributed by atoms with E-state index in [-0.39, 0.29) is 11.8 Å². The molecule has 7 heteroatoms. The van der Waals surface area contributed by atoms with Gasteiger partial charge in [-0.05, 0) is 17.9 Å². The highest BCUT2D eigenvalue weighted by molar-refractivity contribution is 6.38. The largest absolute Gasteiger partial charge is 0.557 e. The van der Waals surface area contributed by atoms with E-state index in [0.29, 0.717) is 23.9 Å². The lowest BCUT2D eigenvalue weighted by Gasteiger charge is -2.36. The maximum Gasteiger partial charge on any atom is 0.401 e. The van der Waals surface area contributed by atoms with Crippen LogP contribution >= 0.6 is 0 Å². The summed E-state index contributed by atoms with van der Waals surface area (Å²) in [5.74, 6) is 3.20. The predicted molar refractivity (Wildman–Crippen MR) is 91.1 cm³/mol. The lowest BCUT2D eigenvalue weighted by Crippen LogP contribution is -2.41. The molecule has 1 fully saturated rings. The van der Waals surface area contributed by atoms with Crippen molar-refractivity contribution in [2.75, 3.05) is 13.1 Å². The summed E-state index contributed by atoms with van der Waals surface area (Å²) in [6, 6.07) is 0. The zero-order valence-corrected chi connectivity index (χ0v) is 13.8. The molecule has 2 unspecified atom stereocenters. The molecule has 123 valence electrons. The van der Waals surface area contributed by atoms with Crippen LogP contribution in [0.2, 0.25) is 0 Å². The fourth-order valence-electron chi connectivity index (χ4n) is 3.76. The molecule has 0 aliphatic carbocycles. The Morgan fingerprint density at radius 1 is 1.50 bits per heavy atom. The number of carbonyl (C=O) groups is 1. The summed E-state index contributed by atoms with van der Waals surface area (Å²) in [6.45, 7) is 5.26. The Hall–Kier alpha value is -2.44. The van der Waals surface area contributed by atoms with Gasteiger partial charge in [0.1, 0.15) is 5.75 Å². The van der Waals surface area contributed by atoms with Crippen LogP contribution in [-0.4, -0.2) is 46.3 Å². The Balaban J connectivity index is 1.87. The van der Waals surface area contributed by atoms with Gasteiger partial charge >= 0.3 is 7.48 Å². The van der Waals surface area contributed by atoms with E-state index < -0.39 is 0 Å². The second-order valence-corrected chi connectivity index (χ2v) is 6.61. The van der Waals surface area contributed by atoms with E-state index >= 15 is 0 Å². The Labute approximate surface area is 141 Å². The quantitative estimate of drug-likeness (QED) is 0.645. The monoisotopic (exact) mass is 324 g/mol. The molecule has 1 radical (unpaired) electrons. The van der Waals surface area contributed by atoms with Crippen LogP contribution in [0.1, 0.15) is 37.3 Å². The molecule has 2 atom stereocenters. The lowest BCUT2D eigenvalue weighted by molar-refractivity contribution is -0.130. The predicted octanol–water partition coefficient (Wildman–Crippen LogP) is 2.23. The molecule has 2 aliphatic heterocycles. The number of nitrogens with zero attached hydrogens (tertiary/aromatic N) is 3. The zero-order chi connectivity index (χ0) is 16.8. The third-order valence-corrected chi connectivity index (χ3v) is 5.17. The highest BCUT2D eigenvalue weighted by atomic mass is 16.5. The molecule has 0 aromatic carbocycles. The second kappa shape index (κ2) is 5.58. The van der Waals surface area contributed by atoms with Crippen molar-refractivity contribution in [1.82, 2.24) is 14.6 Å². The summed E-state index contributed by atoms with van der Waals surface area (Å²) in [5.41, 5.74) is 2.47. The number of fused-ring (bicyclic) bond motifs is 3. The summed E-state index contributed by atoms with van der Waals surface area (Å²) in [5, 5.41) is 11.2. The van der Waals surface area contributed by atoms with Crippen molar-refractivity contribution < 1.29 is 14.7 Å². The van der Waals surface area contributed by atoms with Crippen LogP contribution in [0.25, 0.3) is 17.1 Å². The first kappa shape index (κ1) is 15.1. The molecule has 1 N–H and O–H groups in total. The van der Waals surface area contributed by atoms with Crippen molar-refractivity contribution in [1.29, 1.82) is 0 Å². The molecule has 1 amide bonds. The van der Waals surface area contributed by atoms with Crippen molar-refractivity contribution in [2.45, 2.75) is 26.2 Å². The first-order chi connectivity index (χ1) is 11.6. The topological polar surface area (TPSA) is 67.6 Å². The van der Waals surface area contributed by atoms with Gasteiger partial charge in [0, 0.05) is 36.9 Å². The summed E-state index contributed by atoms with van der Waals surface area (Å²) in [7, 11) is 1.62. The number of rotatable bonds is 1. The van der Waals surface area contributed by atoms with Crippen LogP contribution in [0, 0.1) is 5.92 Å². The Bertz CT molecular complexity index is 845. The molecule has 0 saturated carbocycles. The van der Waals surface area contributed by atoms with Crippen LogP contribution in [0.5, 0.6) is 5.75 Å². The number of hydrogen-bond donors (Lipinski definition) is 1. The van der Waals surface area contributed by atoms with Crippen LogP contribution in [0.3, 0.4) is 0 Å². The standard InChI is InChI=1S/C17H19BN3O3/c1-10-4-6-20(11(2)22)8-13(10)14-9-21(23)17-16(14)12-3-5-18-24-15(12)7-19-17/h3,5,7,9-10,13,23H,4,6,8H2,1-2H3. The molecule has 1 saturated heterocycles. The van der Waals surface area contributed by atoms with E-state index in [9.17, 15) is 10.0 Å². The molecule has 6 nitrogen and oxygen atoms in total. The van der Waals surface area contributed by atoms with Gasteiger partial charge in [-0.25, -0.2) is 4.98 Å². The van der Waals surface area contributed by atoms with Crippen molar-refractivity contribution >= 4 is 30.5 Å². The van der Waals surface area contributed by atoms with E-state index in [1.54, 1.807) is 26.8 Å². The molecular weight excluding hydrogens is 305 g/mol. The van der Waals surface area contributed by atoms with Gasteiger partial charge in [0.15, 0.2) is 5.65 Å². The number of amides is 1. The Morgan fingerprint density at radius 2 is 2.33 bits per heavy atom. The summed E-state index contributed by atoms with van der Waals surface area (Å²) < 4.78 is 6.62. The maximum absolute atomic E-state index is 11.8. The minimum Gasteiger partial charge on any atom is -0.557 e. The lowest BCUT2D eigenvalue weighted by atomic mass is 9.81. The van der Waals surface area contributed by atoms with Gasteiger partial charge in [-0.3, -0.25) is 4.79 Å². The van der Waals surface area contributed by atoms with Gasteiger partial charge < -0.3 is 14.8 Å². The van der Waals surface area contributed by atoms with Gasteiger partial charge in [-0.15, -0.1) is 0 Å². The molecule has 2 aliphatic rings. The number of pyridine rings is 1. The van der Waals surface area contributed by atoms with E-state index in [2.05, 4.69) is 11.9 Å². The van der Waals surface area contributed by atoms with Crippen molar-refractivity contribution in [3.63, 3.8) is 0 Å². The van der Waals surface area contributed by atoms with Crippen LogP contribution in [-0.2, 0) is 4.79 Å². The molecule has 0 bridgehead atoms. The van der Waals surface area contributed by atoms with Gasteiger partial charge in [-0.2, -0.15) is 4.73 Å². The Kier molecular flexibility index (Phi) is 3.51. The van der Waals surface area contributed by atoms with Gasteiger partial charge in [0.25, 0.3) is 0 Å². The van der Waals surface area contributed by atoms with Gasteiger partial charge in [-0.1, -0.05) is 19.0 Å². The van der Waals surface area contributed by atoms with E-state index in [4.69, 9.17) is 4.65 Å². The molecule has 4 rings (SSSR count). The molecule has 2 aromatic heterocycles. The Morgan fingerprint density at radius 3 is 3.12 bits per heavy atom. The summed E-state index contributed by atoms with van der Waals surface area (Å²) in [4.78, 5) is 18.0. The van der Waals surface area contributed by atoms with Crippen LogP contribution in [0.4, 0.5) is 0 Å². The smallest absolute Gasteiger partial charge is 0.401 e. The SMILES string of the molecule is CC(=O)N1CCC(C)C(c2cn(O)c3ncc4c(c23)C=C[B]O4)C1. The van der Waals surface area contributed by atoms with Crippen molar-refractivity contribution in [3.05, 3.63) is 29.5 Å². The average molecular weight is 324 g/mol. The maximum atomic E-state index is 11.8. The average Bonchev–Trinajstić information content (AvgIpc) is 2.92. The minimum atomic E-state index is 0.0950. The summed E-state index contributed by atoms with van der Waals surface area (Å²) in [6.07, 6.45) is 6.28. The fraction of sp³-hybridized carbons (Fsp3) is 0.412. The third-order valence-electron chi connectivity index (χ3n) is 5.17. The van der Waals surface area contributed by atoms with Crippen LogP contribution < -0.4 is 4.65 Å². The van der Waals surface area contributed by atoms with E-state index in [1.165, 1.54) is 0 Å². The normalized spacial score (nSPS) is 22.8. The fourth-order valence-corrected chi connectivity index (χ4v) is 3.76. The van der Waals surface area contributed by atoms with Crippen LogP contribution in [0.15, 0.2) is 18.4 Å². The minimum absolute atomic E-state index is 0.0950. The molecule has 2 aromatic rings. The van der Waals surface area contributed by atoms with E-state index in [1.807, 2.05) is 17.0 Å². The highest BCUT2D eigenvalue weighted by Crippen LogP contribution is 2.40. The first-order valence-corrected chi connectivity index (χ1v) is 8.21. The van der Waals surface area contributed by atoms with Gasteiger partial charge in [0.05, 0.1) is 12.4 Å². The zero-order valence-electron chi connectivity index (χ0n) is 13.8. The molecule has 4 heterocycles.